The van der Waals surface area contributed by atoms with Crippen LogP contribution in [0.5, 0.6) is 0 Å². The number of thiophene rings is 1. The molecule has 0 N–H and O–H groups in total. The summed E-state index contributed by atoms with van der Waals surface area (Å²) in [6.07, 6.45) is 0. The maximum atomic E-state index is 2.45. The maximum Gasteiger partial charge on any atom is 0.0541 e. The highest BCUT2D eigenvalue weighted by Crippen LogP contribution is 2.41. The van der Waals surface area contributed by atoms with Crippen molar-refractivity contribution < 1.29 is 0 Å². The first-order valence-corrected chi connectivity index (χ1v) is 23.3. The summed E-state index contributed by atoms with van der Waals surface area (Å²) < 4.78 is 5.16. The van der Waals surface area contributed by atoms with Gasteiger partial charge in [0.25, 0.3) is 0 Å². The standard InChI is InChI=1S/C55H40N2SSi/c1-59-47-30-33-55-51(36-47)50-35-46(29-32-54(50)58-55)57-52-15-9-8-14-48(52)49-34-42(22-31-53(49)57)41-20-27-45(28-21-41)56(43-23-16-39(17-24-43)37-10-4-2-5-11-37)44-25-18-40(19-26-44)38-12-6-3-7-13-38/h2-36H,59H2,1H3. The van der Waals surface area contributed by atoms with Crippen molar-refractivity contribution in [3.05, 3.63) is 212 Å². The lowest BCUT2D eigenvalue weighted by atomic mass is 10.0. The maximum absolute atomic E-state index is 2.45. The number of aromatic nitrogens is 1. The van der Waals surface area contributed by atoms with Crippen LogP contribution in [0.3, 0.4) is 0 Å². The molecule has 280 valence electrons. The monoisotopic (exact) mass is 788 g/mol. The molecule has 0 unspecified atom stereocenters. The Bertz CT molecular complexity index is 3190. The molecule has 4 heteroatoms. The summed E-state index contributed by atoms with van der Waals surface area (Å²) >= 11 is 1.90. The van der Waals surface area contributed by atoms with E-state index in [1.807, 2.05) is 11.3 Å². The average molecular weight is 789 g/mol. The summed E-state index contributed by atoms with van der Waals surface area (Å²) in [5, 5.41) is 6.78. The van der Waals surface area contributed by atoms with E-state index in [1.54, 1.807) is 0 Å². The van der Waals surface area contributed by atoms with E-state index in [-0.39, 0.29) is 9.52 Å². The first-order valence-electron chi connectivity index (χ1n) is 20.4. The molecule has 0 radical (unpaired) electrons. The molecule has 0 bridgehead atoms. The molecule has 0 aliphatic rings. The van der Waals surface area contributed by atoms with Gasteiger partial charge in [0.05, 0.1) is 20.6 Å². The normalized spacial score (nSPS) is 11.7. The van der Waals surface area contributed by atoms with Crippen molar-refractivity contribution in [3.63, 3.8) is 0 Å². The summed E-state index contributed by atoms with van der Waals surface area (Å²) in [4.78, 5) is 2.35. The van der Waals surface area contributed by atoms with Gasteiger partial charge in [0.2, 0.25) is 0 Å². The molecule has 2 nitrogen and oxygen atoms in total. The minimum atomic E-state index is -0.230. The SMILES string of the molecule is C[SiH2]c1ccc2sc3ccc(-n4c5ccccc5c5cc(-c6ccc(N(c7ccc(-c8ccccc8)cc7)c7ccc(-c8ccccc8)cc7)cc6)ccc54)cc3c2c1. The van der Waals surface area contributed by atoms with E-state index in [9.17, 15) is 0 Å². The topological polar surface area (TPSA) is 8.17 Å². The van der Waals surface area contributed by atoms with E-state index < -0.39 is 0 Å². The molecule has 0 fully saturated rings. The van der Waals surface area contributed by atoms with Crippen LogP contribution in [-0.2, 0) is 0 Å². The molecular formula is C55H40N2SSi. The average Bonchev–Trinajstić information content (AvgIpc) is 3.85. The van der Waals surface area contributed by atoms with Gasteiger partial charge in [0, 0.05) is 53.7 Å². The number of hydrogen-bond acceptors (Lipinski definition) is 2. The number of benzene rings is 9. The lowest BCUT2D eigenvalue weighted by molar-refractivity contribution is 1.19. The van der Waals surface area contributed by atoms with Gasteiger partial charge in [-0.25, -0.2) is 0 Å². The molecule has 0 amide bonds. The van der Waals surface area contributed by atoms with E-state index in [1.165, 1.54) is 86.2 Å². The molecule has 0 spiro atoms. The van der Waals surface area contributed by atoms with Crippen LogP contribution < -0.4 is 10.1 Å². The predicted octanol–water partition coefficient (Wildman–Crippen LogP) is 14.5. The molecule has 0 saturated carbocycles. The first-order chi connectivity index (χ1) is 29.2. The predicted molar refractivity (Wildman–Crippen MR) is 259 cm³/mol. The Morgan fingerprint density at radius 2 is 0.847 bits per heavy atom. The molecule has 9 aromatic carbocycles. The van der Waals surface area contributed by atoms with E-state index in [0.29, 0.717) is 0 Å². The van der Waals surface area contributed by atoms with Crippen LogP contribution in [0.25, 0.3) is 81.0 Å². The molecule has 2 aromatic heterocycles. The van der Waals surface area contributed by atoms with Gasteiger partial charge in [-0.3, -0.25) is 0 Å². The largest absolute Gasteiger partial charge is 0.311 e. The van der Waals surface area contributed by atoms with Crippen LogP contribution in [0, 0.1) is 0 Å². The summed E-state index contributed by atoms with van der Waals surface area (Å²) in [5.74, 6) is 0. The van der Waals surface area contributed by atoms with Gasteiger partial charge in [0.15, 0.2) is 0 Å². The zero-order chi connectivity index (χ0) is 39.3. The van der Waals surface area contributed by atoms with Gasteiger partial charge in [-0.1, -0.05) is 145 Å². The molecule has 0 aliphatic carbocycles. The van der Waals surface area contributed by atoms with Gasteiger partial charge in [-0.05, 0) is 112 Å². The lowest BCUT2D eigenvalue weighted by Gasteiger charge is -2.26. The van der Waals surface area contributed by atoms with Crippen LogP contribution in [0.15, 0.2) is 212 Å². The number of rotatable bonds is 8. The molecule has 59 heavy (non-hydrogen) atoms. The highest BCUT2D eigenvalue weighted by Gasteiger charge is 2.17. The summed E-state index contributed by atoms with van der Waals surface area (Å²) in [6.45, 7) is 2.37. The fourth-order valence-electron chi connectivity index (χ4n) is 8.72. The number of hydrogen-bond donors (Lipinski definition) is 0. The van der Waals surface area contributed by atoms with Crippen molar-refractivity contribution in [2.45, 2.75) is 6.55 Å². The zero-order valence-corrected chi connectivity index (χ0v) is 34.9. The third-order valence-corrected chi connectivity index (χ3v) is 14.2. The van der Waals surface area contributed by atoms with Crippen LogP contribution in [0.2, 0.25) is 6.55 Å². The third kappa shape index (κ3) is 6.34. The Balaban J connectivity index is 0.974. The van der Waals surface area contributed by atoms with E-state index in [0.717, 1.165) is 17.1 Å². The number of para-hydroxylation sites is 1. The minimum Gasteiger partial charge on any atom is -0.311 e. The first kappa shape index (κ1) is 35.2. The number of anilines is 3. The van der Waals surface area contributed by atoms with Gasteiger partial charge in [-0.15, -0.1) is 11.3 Å². The Morgan fingerprint density at radius 1 is 0.373 bits per heavy atom. The Hall–Kier alpha value is -6.98. The zero-order valence-electron chi connectivity index (χ0n) is 32.7. The van der Waals surface area contributed by atoms with Crippen LogP contribution in [-0.4, -0.2) is 14.1 Å². The number of nitrogens with zero attached hydrogens (tertiary/aromatic N) is 2. The Labute approximate surface area is 350 Å². The summed E-state index contributed by atoms with van der Waals surface area (Å²) in [5.41, 5.74) is 14.2. The quantitative estimate of drug-likeness (QED) is 0.139. The second-order valence-electron chi connectivity index (χ2n) is 15.3. The summed E-state index contributed by atoms with van der Waals surface area (Å²) in [7, 11) is -0.230. The van der Waals surface area contributed by atoms with Crippen molar-refractivity contribution >= 4 is 85.1 Å². The van der Waals surface area contributed by atoms with Crippen molar-refractivity contribution in [1.82, 2.24) is 4.57 Å². The van der Waals surface area contributed by atoms with Crippen LogP contribution in [0.4, 0.5) is 17.1 Å². The van der Waals surface area contributed by atoms with Gasteiger partial charge in [0.1, 0.15) is 0 Å². The van der Waals surface area contributed by atoms with Crippen molar-refractivity contribution in [2.75, 3.05) is 4.90 Å². The molecular weight excluding hydrogens is 749 g/mol. The fraction of sp³-hybridized carbons (Fsp3) is 0.0182. The van der Waals surface area contributed by atoms with Crippen molar-refractivity contribution in [3.8, 4) is 39.1 Å². The molecule has 0 aliphatic heterocycles. The third-order valence-electron chi connectivity index (χ3n) is 11.8. The summed E-state index contributed by atoms with van der Waals surface area (Å²) in [6, 6.07) is 77.9. The van der Waals surface area contributed by atoms with E-state index in [4.69, 9.17) is 0 Å². The fourth-order valence-corrected chi connectivity index (χ4v) is 10.5. The smallest absolute Gasteiger partial charge is 0.0541 e. The molecule has 0 saturated heterocycles. The Morgan fingerprint density at radius 3 is 1.44 bits per heavy atom. The van der Waals surface area contributed by atoms with Gasteiger partial charge >= 0.3 is 0 Å². The van der Waals surface area contributed by atoms with Crippen molar-refractivity contribution in [2.24, 2.45) is 0 Å². The van der Waals surface area contributed by atoms with Crippen LogP contribution in [0.1, 0.15) is 0 Å². The molecule has 2 heterocycles. The van der Waals surface area contributed by atoms with Crippen molar-refractivity contribution in [1.29, 1.82) is 0 Å². The minimum absolute atomic E-state index is 0.230. The van der Waals surface area contributed by atoms with Crippen LogP contribution >= 0.6 is 11.3 Å². The van der Waals surface area contributed by atoms with E-state index in [2.05, 4.69) is 228 Å². The van der Waals surface area contributed by atoms with Gasteiger partial charge in [-0.2, -0.15) is 0 Å². The highest BCUT2D eigenvalue weighted by atomic mass is 32.1. The number of fused-ring (bicyclic) bond motifs is 6. The second-order valence-corrected chi connectivity index (χ2v) is 17.9. The van der Waals surface area contributed by atoms with Gasteiger partial charge < -0.3 is 9.47 Å². The Kier molecular flexibility index (Phi) is 8.80. The highest BCUT2D eigenvalue weighted by molar-refractivity contribution is 7.25. The lowest BCUT2D eigenvalue weighted by Crippen LogP contribution is -2.09. The molecule has 11 rings (SSSR count). The second kappa shape index (κ2) is 14.8. The molecule has 0 atom stereocenters. The van der Waals surface area contributed by atoms with E-state index >= 15 is 0 Å². The molecule has 11 aromatic rings.